The molecule has 1 saturated carbocycles. The zero-order valence-corrected chi connectivity index (χ0v) is 12.8. The van der Waals surface area contributed by atoms with Crippen molar-refractivity contribution >= 4 is 0 Å². The molecule has 0 saturated heterocycles. The molecule has 1 rings (SSSR count). The van der Waals surface area contributed by atoms with Gasteiger partial charge in [0.05, 0.1) is 0 Å². The van der Waals surface area contributed by atoms with Gasteiger partial charge in [-0.15, -0.1) is 0 Å². The van der Waals surface area contributed by atoms with Gasteiger partial charge in [-0.25, -0.2) is 17.6 Å². The minimum Gasteiger partial charge on any atom is -0.379 e. The molecule has 0 aromatic carbocycles. The fourth-order valence-electron chi connectivity index (χ4n) is 2.65. The van der Waals surface area contributed by atoms with E-state index in [4.69, 9.17) is 5.11 Å². The predicted octanol–water partition coefficient (Wildman–Crippen LogP) is 3.40. The van der Waals surface area contributed by atoms with Crippen LogP contribution in [0.2, 0.25) is 0 Å². The monoisotopic (exact) mass is 416 g/mol. The van der Waals surface area contributed by atoms with Gasteiger partial charge in [-0.1, -0.05) is 0 Å². The van der Waals surface area contributed by atoms with Crippen molar-refractivity contribution in [1.29, 1.82) is 0 Å². The van der Waals surface area contributed by atoms with Crippen LogP contribution in [0.5, 0.6) is 0 Å². The predicted molar refractivity (Wildman–Crippen MR) is 60.7 cm³/mol. The Morgan fingerprint density at radius 3 is 1.19 bits per heavy atom. The Bertz CT molecular complexity index is 523. The third-order valence-electron chi connectivity index (χ3n) is 4.75. The summed E-state index contributed by atoms with van der Waals surface area (Å²) in [6, 6.07) is 0. The van der Waals surface area contributed by atoms with Gasteiger partial charge in [0.25, 0.3) is 5.60 Å². The average molecular weight is 416 g/mol. The first-order valence-electron chi connectivity index (χ1n) is 6.58. The van der Waals surface area contributed by atoms with Crippen molar-refractivity contribution in [3.8, 4) is 0 Å². The fourth-order valence-corrected chi connectivity index (χ4v) is 2.65. The van der Waals surface area contributed by atoms with Crippen LogP contribution in [0, 0.1) is 0 Å². The van der Waals surface area contributed by atoms with Crippen LogP contribution < -0.4 is 0 Å². The van der Waals surface area contributed by atoms with Crippen molar-refractivity contribution in [3.05, 3.63) is 0 Å². The third-order valence-corrected chi connectivity index (χ3v) is 4.75. The Kier molecular flexibility index (Phi) is 4.74. The van der Waals surface area contributed by atoms with Crippen LogP contribution in [-0.2, 0) is 0 Å². The number of hydrogen-bond donors (Lipinski definition) is 2. The molecule has 1 aliphatic carbocycles. The standard InChI is InChI=1S/C12H12F12O2/c1-5(15)9(17,18)6(2,16)11(21,22)8(26,10(5,19)20)12(23,24)7(25,3-13)4-14/h25-26H,3-4H2,1-2H3. The lowest BCUT2D eigenvalue weighted by molar-refractivity contribution is -0.486. The second-order valence-corrected chi connectivity index (χ2v) is 6.31. The molecule has 0 amide bonds. The molecule has 0 aliphatic heterocycles. The Balaban J connectivity index is 4.05. The van der Waals surface area contributed by atoms with Gasteiger partial charge in [-0.3, -0.25) is 0 Å². The average Bonchev–Trinajstić information content (AvgIpc) is 2.50. The molecule has 0 aromatic heterocycles. The fraction of sp³-hybridized carbons (Fsp3) is 1.00. The minimum absolute atomic E-state index is 0.953. The molecular formula is C12H12F12O2. The van der Waals surface area contributed by atoms with Crippen LogP contribution in [0.3, 0.4) is 0 Å². The summed E-state index contributed by atoms with van der Waals surface area (Å²) in [5, 5.41) is 18.4. The van der Waals surface area contributed by atoms with Crippen molar-refractivity contribution in [1.82, 2.24) is 0 Å². The van der Waals surface area contributed by atoms with Gasteiger partial charge in [0.15, 0.2) is 5.60 Å². The topological polar surface area (TPSA) is 40.5 Å². The van der Waals surface area contributed by atoms with Crippen LogP contribution in [0.25, 0.3) is 0 Å². The maximum absolute atomic E-state index is 14.2. The van der Waals surface area contributed by atoms with Crippen molar-refractivity contribution in [2.24, 2.45) is 0 Å². The van der Waals surface area contributed by atoms with Gasteiger partial charge in [-0.05, 0) is 13.8 Å². The van der Waals surface area contributed by atoms with E-state index in [9.17, 15) is 57.8 Å². The van der Waals surface area contributed by atoms with E-state index >= 15 is 0 Å². The van der Waals surface area contributed by atoms with E-state index in [1.165, 1.54) is 0 Å². The highest BCUT2D eigenvalue weighted by molar-refractivity contribution is 5.34. The Hall–Kier alpha value is -0.920. The molecule has 26 heavy (non-hydrogen) atoms. The summed E-state index contributed by atoms with van der Waals surface area (Å²) in [7, 11) is 0. The molecule has 0 heterocycles. The highest BCUT2D eigenvalue weighted by atomic mass is 19.3. The molecule has 0 aromatic rings. The normalized spacial score (nSPS) is 39.7. The van der Waals surface area contributed by atoms with Gasteiger partial charge in [-0.2, -0.15) is 35.1 Å². The molecule has 2 atom stereocenters. The van der Waals surface area contributed by atoms with Crippen molar-refractivity contribution < 1.29 is 62.9 Å². The summed E-state index contributed by atoms with van der Waals surface area (Å²) in [6.45, 7) is -8.09. The Labute approximate surface area is 137 Å². The van der Waals surface area contributed by atoms with Crippen LogP contribution in [0.4, 0.5) is 52.7 Å². The molecule has 14 heteroatoms. The van der Waals surface area contributed by atoms with Crippen LogP contribution in [0.15, 0.2) is 0 Å². The molecule has 0 radical (unpaired) electrons. The van der Waals surface area contributed by atoms with Crippen LogP contribution in [-0.4, -0.2) is 69.8 Å². The molecular weight excluding hydrogens is 404 g/mol. The first-order chi connectivity index (χ1) is 11.1. The zero-order valence-electron chi connectivity index (χ0n) is 12.8. The Morgan fingerprint density at radius 1 is 0.692 bits per heavy atom. The van der Waals surface area contributed by atoms with E-state index in [1.807, 2.05) is 0 Å². The first kappa shape index (κ1) is 23.1. The molecule has 1 aliphatic rings. The van der Waals surface area contributed by atoms with Gasteiger partial charge in [0.1, 0.15) is 13.3 Å². The van der Waals surface area contributed by atoms with Gasteiger partial charge in [0, 0.05) is 0 Å². The minimum atomic E-state index is -6.90. The molecule has 1 fully saturated rings. The van der Waals surface area contributed by atoms with Crippen molar-refractivity contribution in [3.63, 3.8) is 0 Å². The van der Waals surface area contributed by atoms with Gasteiger partial charge in [0.2, 0.25) is 11.3 Å². The van der Waals surface area contributed by atoms with Crippen molar-refractivity contribution in [2.45, 2.75) is 60.1 Å². The first-order valence-corrected chi connectivity index (χ1v) is 6.58. The molecule has 2 N–H and O–H groups in total. The molecule has 2 nitrogen and oxygen atoms in total. The summed E-state index contributed by atoms with van der Waals surface area (Å²) in [5.41, 5.74) is -23.7. The van der Waals surface area contributed by atoms with Crippen LogP contribution >= 0.6 is 0 Å². The summed E-state index contributed by atoms with van der Waals surface area (Å²) >= 11 is 0. The third kappa shape index (κ3) is 1.89. The van der Waals surface area contributed by atoms with Gasteiger partial charge < -0.3 is 10.2 Å². The number of rotatable bonds is 4. The zero-order chi connectivity index (χ0) is 21.4. The van der Waals surface area contributed by atoms with Crippen molar-refractivity contribution in [2.75, 3.05) is 13.3 Å². The number of aliphatic hydroxyl groups is 2. The maximum Gasteiger partial charge on any atom is 0.327 e. The smallest absolute Gasteiger partial charge is 0.327 e. The van der Waals surface area contributed by atoms with Crippen LogP contribution in [0.1, 0.15) is 13.8 Å². The largest absolute Gasteiger partial charge is 0.379 e. The lowest BCUT2D eigenvalue weighted by Gasteiger charge is -2.60. The highest BCUT2D eigenvalue weighted by Crippen LogP contribution is 2.70. The van der Waals surface area contributed by atoms with E-state index in [1.54, 1.807) is 0 Å². The summed E-state index contributed by atoms with van der Waals surface area (Å²) in [5.74, 6) is -26.9. The molecule has 2 unspecified atom stereocenters. The van der Waals surface area contributed by atoms with E-state index in [-0.39, 0.29) is 0 Å². The number of halogens is 12. The SMILES string of the molecule is CC1(F)C(F)(F)C(C)(F)C(F)(F)C(O)(C(F)(F)C(O)(CF)CF)C1(F)F. The second-order valence-electron chi connectivity index (χ2n) is 6.31. The number of alkyl halides is 12. The van der Waals surface area contributed by atoms with E-state index in [0.717, 1.165) is 0 Å². The summed E-state index contributed by atoms with van der Waals surface area (Å²) in [4.78, 5) is 0. The lowest BCUT2D eigenvalue weighted by Crippen LogP contribution is -2.91. The molecule has 0 spiro atoms. The second kappa shape index (κ2) is 5.32. The van der Waals surface area contributed by atoms with E-state index in [2.05, 4.69) is 0 Å². The van der Waals surface area contributed by atoms with E-state index < -0.39 is 73.4 Å². The lowest BCUT2D eigenvalue weighted by atomic mass is 9.58. The number of hydrogen-bond acceptors (Lipinski definition) is 2. The van der Waals surface area contributed by atoms with E-state index in [0.29, 0.717) is 0 Å². The highest BCUT2D eigenvalue weighted by Gasteiger charge is 3.00. The van der Waals surface area contributed by atoms with Gasteiger partial charge >= 0.3 is 23.7 Å². The maximum atomic E-state index is 14.2. The molecule has 156 valence electrons. The molecule has 0 bridgehead atoms. The quantitative estimate of drug-likeness (QED) is 0.690. The Morgan fingerprint density at radius 2 is 0.962 bits per heavy atom. The summed E-state index contributed by atoms with van der Waals surface area (Å²) in [6.07, 6.45) is 0. The summed E-state index contributed by atoms with van der Waals surface area (Å²) < 4.78 is 165.